The lowest BCUT2D eigenvalue weighted by atomic mass is 9.94. The number of unbranched alkanes of at least 4 members (excludes halogenated alkanes) is 1. The number of hydrogen-bond acceptors (Lipinski definition) is 3. The zero-order chi connectivity index (χ0) is 15.9. The molecule has 1 aromatic rings. The van der Waals surface area contributed by atoms with E-state index in [0.29, 0.717) is 6.42 Å². The third kappa shape index (κ3) is 6.72. The molecule has 0 saturated carbocycles. The summed E-state index contributed by atoms with van der Waals surface area (Å²) in [5, 5.41) is 13.3. The molecule has 21 heavy (non-hydrogen) atoms. The molecule has 1 rings (SSSR count). The van der Waals surface area contributed by atoms with E-state index < -0.39 is 11.5 Å². The summed E-state index contributed by atoms with van der Waals surface area (Å²) in [6.07, 6.45) is 2.51. The molecule has 2 N–H and O–H groups in total. The van der Waals surface area contributed by atoms with E-state index in [1.807, 2.05) is 38.1 Å². The lowest BCUT2D eigenvalue weighted by molar-refractivity contribution is -0.144. The fourth-order valence-corrected chi connectivity index (χ4v) is 3.43. The number of aliphatic carboxylic acids is 1. The molecular formula is C16H24ClNO2S. The van der Waals surface area contributed by atoms with E-state index >= 15 is 0 Å². The molecular weight excluding hydrogens is 306 g/mol. The quantitative estimate of drug-likeness (QED) is 0.519. The molecule has 1 unspecified atom stereocenters. The number of carboxylic acids is 1. The topological polar surface area (TPSA) is 49.3 Å². The van der Waals surface area contributed by atoms with Crippen LogP contribution in [0.5, 0.6) is 0 Å². The summed E-state index contributed by atoms with van der Waals surface area (Å²) >= 11 is 7.70. The Hall–Kier alpha value is -0.710. The van der Waals surface area contributed by atoms with Crippen molar-refractivity contribution in [3.8, 4) is 0 Å². The number of carbonyl (C=O) groups is 1. The van der Waals surface area contributed by atoms with Crippen molar-refractivity contribution in [3.63, 3.8) is 0 Å². The molecule has 3 nitrogen and oxygen atoms in total. The summed E-state index contributed by atoms with van der Waals surface area (Å²) in [6.45, 7) is 5.70. The fraction of sp³-hybridized carbons (Fsp3) is 0.562. The number of halogens is 1. The van der Waals surface area contributed by atoms with Crippen LogP contribution in [0.15, 0.2) is 29.2 Å². The molecule has 1 atom stereocenters. The lowest BCUT2D eigenvalue weighted by Crippen LogP contribution is -2.52. The first-order valence-electron chi connectivity index (χ1n) is 7.23. The Morgan fingerprint density at radius 3 is 2.71 bits per heavy atom. The van der Waals surface area contributed by atoms with Crippen LogP contribution in [0.25, 0.3) is 0 Å². The molecule has 0 radical (unpaired) electrons. The smallest absolute Gasteiger partial charge is 0.323 e. The Morgan fingerprint density at radius 1 is 1.43 bits per heavy atom. The molecule has 0 aliphatic carbocycles. The van der Waals surface area contributed by atoms with Crippen LogP contribution in [0.3, 0.4) is 0 Å². The Kier molecular flexibility index (Phi) is 7.57. The van der Waals surface area contributed by atoms with Gasteiger partial charge in [0, 0.05) is 16.0 Å². The van der Waals surface area contributed by atoms with Crippen LogP contribution >= 0.6 is 23.4 Å². The maximum Gasteiger partial charge on any atom is 0.323 e. The van der Waals surface area contributed by atoms with Crippen LogP contribution in [-0.4, -0.2) is 28.4 Å². The molecule has 0 bridgehead atoms. The average molecular weight is 330 g/mol. The van der Waals surface area contributed by atoms with Crippen molar-refractivity contribution in [1.82, 2.24) is 5.32 Å². The van der Waals surface area contributed by atoms with Crippen LogP contribution in [0.1, 0.15) is 40.0 Å². The van der Waals surface area contributed by atoms with Gasteiger partial charge in [0.25, 0.3) is 0 Å². The van der Waals surface area contributed by atoms with Crippen LogP contribution in [0.4, 0.5) is 0 Å². The average Bonchev–Trinajstić information content (AvgIpc) is 2.37. The first kappa shape index (κ1) is 18.3. The van der Waals surface area contributed by atoms with Crippen molar-refractivity contribution in [2.75, 3.05) is 5.75 Å². The minimum Gasteiger partial charge on any atom is -0.480 e. The van der Waals surface area contributed by atoms with Gasteiger partial charge < -0.3 is 5.11 Å². The molecule has 0 saturated heterocycles. The fourth-order valence-electron chi connectivity index (χ4n) is 2.21. The molecule has 118 valence electrons. The van der Waals surface area contributed by atoms with Crippen molar-refractivity contribution >= 4 is 29.3 Å². The molecule has 5 heteroatoms. The third-order valence-electron chi connectivity index (χ3n) is 3.22. The van der Waals surface area contributed by atoms with Crippen molar-refractivity contribution in [2.45, 2.75) is 56.5 Å². The summed E-state index contributed by atoms with van der Waals surface area (Å²) in [7, 11) is 0. The highest BCUT2D eigenvalue weighted by atomic mass is 35.5. The van der Waals surface area contributed by atoms with Gasteiger partial charge in [0.15, 0.2) is 0 Å². The van der Waals surface area contributed by atoms with Gasteiger partial charge in [-0.05, 0) is 57.6 Å². The normalized spacial score (nSPS) is 14.1. The number of thioether (sulfide) groups is 1. The van der Waals surface area contributed by atoms with Crippen LogP contribution in [0.2, 0.25) is 5.02 Å². The third-order valence-corrected chi connectivity index (χ3v) is 4.53. The molecule has 1 aromatic carbocycles. The molecule has 0 aromatic heterocycles. The number of carboxylic acid groups (broad SMARTS) is 1. The van der Waals surface area contributed by atoms with Gasteiger partial charge in [-0.3, -0.25) is 10.1 Å². The molecule has 0 aliphatic rings. The largest absolute Gasteiger partial charge is 0.480 e. The number of benzene rings is 1. The summed E-state index contributed by atoms with van der Waals surface area (Å²) in [5.41, 5.74) is -0.838. The van der Waals surface area contributed by atoms with Crippen molar-refractivity contribution < 1.29 is 9.90 Å². The van der Waals surface area contributed by atoms with Gasteiger partial charge in [0.05, 0.1) is 0 Å². The molecule has 0 spiro atoms. The second-order valence-electron chi connectivity index (χ2n) is 5.70. The first-order chi connectivity index (χ1) is 9.83. The summed E-state index contributed by atoms with van der Waals surface area (Å²) in [5.74, 6) is 0.191. The van der Waals surface area contributed by atoms with E-state index in [4.69, 9.17) is 11.6 Å². The lowest BCUT2D eigenvalue weighted by Gasteiger charge is -2.28. The van der Waals surface area contributed by atoms with Crippen LogP contribution in [-0.2, 0) is 4.79 Å². The van der Waals surface area contributed by atoms with Gasteiger partial charge >= 0.3 is 5.97 Å². The van der Waals surface area contributed by atoms with Crippen molar-refractivity contribution in [1.29, 1.82) is 0 Å². The van der Waals surface area contributed by atoms with Gasteiger partial charge in [-0.1, -0.05) is 24.1 Å². The Morgan fingerprint density at radius 2 is 2.14 bits per heavy atom. The second-order valence-corrected chi connectivity index (χ2v) is 7.30. The Bertz CT molecular complexity index is 467. The highest BCUT2D eigenvalue weighted by Gasteiger charge is 2.32. The number of hydrogen-bond donors (Lipinski definition) is 2. The minimum absolute atomic E-state index is 0.159. The van der Waals surface area contributed by atoms with E-state index in [-0.39, 0.29) is 6.04 Å². The van der Waals surface area contributed by atoms with Crippen molar-refractivity contribution in [3.05, 3.63) is 29.3 Å². The molecule has 0 heterocycles. The van der Waals surface area contributed by atoms with Gasteiger partial charge in [0.2, 0.25) is 0 Å². The maximum absolute atomic E-state index is 11.4. The summed E-state index contributed by atoms with van der Waals surface area (Å²) in [6, 6.07) is 7.96. The summed E-state index contributed by atoms with van der Waals surface area (Å²) in [4.78, 5) is 12.6. The number of rotatable bonds is 9. The Balaban J connectivity index is 2.33. The van der Waals surface area contributed by atoms with Gasteiger partial charge in [-0.15, -0.1) is 11.8 Å². The highest BCUT2D eigenvalue weighted by Crippen LogP contribution is 2.24. The predicted molar refractivity (Wildman–Crippen MR) is 90.3 cm³/mol. The zero-order valence-electron chi connectivity index (χ0n) is 12.9. The highest BCUT2D eigenvalue weighted by molar-refractivity contribution is 7.99. The van der Waals surface area contributed by atoms with E-state index in [1.165, 1.54) is 0 Å². The maximum atomic E-state index is 11.4. The van der Waals surface area contributed by atoms with E-state index in [0.717, 1.165) is 28.5 Å². The van der Waals surface area contributed by atoms with E-state index in [1.54, 1.807) is 18.7 Å². The second kappa shape index (κ2) is 8.66. The van der Waals surface area contributed by atoms with Gasteiger partial charge in [0.1, 0.15) is 5.54 Å². The minimum atomic E-state index is -0.838. The first-order valence-corrected chi connectivity index (χ1v) is 8.59. The number of nitrogens with one attached hydrogen (secondary N) is 1. The van der Waals surface area contributed by atoms with Crippen LogP contribution in [0, 0.1) is 0 Å². The molecule has 0 aliphatic heterocycles. The SMILES string of the molecule is CC(C)NC(C)(CCCCSc1cccc(Cl)c1)C(=O)O. The summed E-state index contributed by atoms with van der Waals surface area (Å²) < 4.78 is 0. The van der Waals surface area contributed by atoms with E-state index in [2.05, 4.69) is 5.32 Å². The van der Waals surface area contributed by atoms with Crippen LogP contribution < -0.4 is 5.32 Å². The molecule has 0 fully saturated rings. The molecule has 0 amide bonds. The van der Waals surface area contributed by atoms with Gasteiger partial charge in [-0.2, -0.15) is 0 Å². The Labute approximate surface area is 136 Å². The zero-order valence-corrected chi connectivity index (χ0v) is 14.4. The van der Waals surface area contributed by atoms with E-state index in [9.17, 15) is 9.90 Å². The van der Waals surface area contributed by atoms with Crippen molar-refractivity contribution in [2.24, 2.45) is 0 Å². The monoisotopic (exact) mass is 329 g/mol. The van der Waals surface area contributed by atoms with Gasteiger partial charge in [-0.25, -0.2) is 0 Å². The predicted octanol–water partition coefficient (Wildman–Crippen LogP) is 4.44. The standard InChI is InChI=1S/C16H24ClNO2S/c1-12(2)18-16(3,15(19)20)9-4-5-10-21-14-8-6-7-13(17)11-14/h6-8,11-12,18H,4-5,9-10H2,1-3H3,(H,19,20).